The lowest BCUT2D eigenvalue weighted by Crippen LogP contribution is -2.47. The molecule has 2 amide bonds. The third kappa shape index (κ3) is 3.51. The summed E-state index contributed by atoms with van der Waals surface area (Å²) >= 11 is 0. The number of likely N-dealkylation sites (N-methyl/N-ethyl adjacent to an activating group) is 1. The van der Waals surface area contributed by atoms with Gasteiger partial charge in [0.1, 0.15) is 0 Å². The molecule has 8 nitrogen and oxygen atoms in total. The second-order valence-electron chi connectivity index (χ2n) is 6.03. The first-order valence-corrected chi connectivity index (χ1v) is 8.50. The highest BCUT2D eigenvalue weighted by molar-refractivity contribution is 5.95. The Labute approximate surface area is 159 Å². The fourth-order valence-electron chi connectivity index (χ4n) is 3.18. The zero-order valence-corrected chi connectivity index (χ0v) is 16.8. The minimum atomic E-state index is -0.651. The van der Waals surface area contributed by atoms with Crippen molar-refractivity contribution < 1.29 is 28.5 Å². The molecule has 0 aliphatic carbocycles. The van der Waals surface area contributed by atoms with Crippen LogP contribution in [0.5, 0.6) is 17.2 Å². The summed E-state index contributed by atoms with van der Waals surface area (Å²) in [7, 11) is 7.80. The van der Waals surface area contributed by atoms with E-state index >= 15 is 0 Å². The van der Waals surface area contributed by atoms with Gasteiger partial charge in [-0.15, -0.1) is 0 Å². The average Bonchev–Trinajstić information content (AvgIpc) is 2.67. The molecule has 2 rings (SSSR count). The number of allylic oxidation sites excluding steroid dienone is 1. The molecule has 0 spiro atoms. The number of ether oxygens (including phenoxy) is 4. The minimum Gasteiger partial charge on any atom is -0.493 e. The van der Waals surface area contributed by atoms with E-state index in [1.54, 1.807) is 40.1 Å². The lowest BCUT2D eigenvalue weighted by molar-refractivity contribution is -0.139. The summed E-state index contributed by atoms with van der Waals surface area (Å²) in [5.74, 6) is 0.837. The third-order valence-electron chi connectivity index (χ3n) is 4.64. The largest absolute Gasteiger partial charge is 0.493 e. The van der Waals surface area contributed by atoms with Crippen LogP contribution in [0, 0.1) is 0 Å². The van der Waals surface area contributed by atoms with Gasteiger partial charge >= 0.3 is 12.0 Å². The van der Waals surface area contributed by atoms with E-state index in [1.165, 1.54) is 31.1 Å². The Balaban J connectivity index is 2.72. The molecule has 1 atom stereocenters. The second kappa shape index (κ2) is 8.20. The highest BCUT2D eigenvalue weighted by atomic mass is 16.5. The van der Waals surface area contributed by atoms with Gasteiger partial charge < -0.3 is 28.7 Å². The lowest BCUT2D eigenvalue weighted by Gasteiger charge is -2.39. The number of carbonyl (C=O) groups excluding carboxylic acids is 2. The van der Waals surface area contributed by atoms with Crippen molar-refractivity contribution in [1.82, 2.24) is 9.80 Å². The van der Waals surface area contributed by atoms with E-state index in [0.717, 1.165) is 0 Å². The van der Waals surface area contributed by atoms with Crippen LogP contribution in [0.3, 0.4) is 0 Å². The number of esters is 1. The molecule has 8 heteroatoms. The molecule has 0 bridgehead atoms. The molecule has 0 radical (unpaired) electrons. The normalized spacial score (nSPS) is 17.1. The van der Waals surface area contributed by atoms with Gasteiger partial charge in [-0.2, -0.15) is 0 Å². The van der Waals surface area contributed by atoms with E-state index in [9.17, 15) is 9.59 Å². The number of urea groups is 1. The number of hydrogen-bond acceptors (Lipinski definition) is 6. The second-order valence-corrected chi connectivity index (χ2v) is 6.03. The van der Waals surface area contributed by atoms with E-state index in [2.05, 4.69) is 0 Å². The van der Waals surface area contributed by atoms with E-state index in [-0.39, 0.29) is 12.6 Å². The molecule has 1 aliphatic heterocycles. The number of carbonyl (C=O) groups is 2. The Hall–Kier alpha value is -2.90. The van der Waals surface area contributed by atoms with Crippen molar-refractivity contribution in [3.8, 4) is 17.2 Å². The van der Waals surface area contributed by atoms with Crippen molar-refractivity contribution >= 4 is 12.0 Å². The van der Waals surface area contributed by atoms with Crippen LogP contribution in [0.4, 0.5) is 4.79 Å². The van der Waals surface area contributed by atoms with Gasteiger partial charge in [-0.25, -0.2) is 9.59 Å². The molecule has 0 N–H and O–H groups in total. The van der Waals surface area contributed by atoms with Crippen molar-refractivity contribution in [2.45, 2.75) is 19.9 Å². The Kier molecular flexibility index (Phi) is 6.20. The number of benzene rings is 1. The fourth-order valence-corrected chi connectivity index (χ4v) is 3.18. The van der Waals surface area contributed by atoms with E-state index in [1.807, 2.05) is 0 Å². The van der Waals surface area contributed by atoms with Gasteiger partial charge in [0.05, 0.1) is 39.6 Å². The van der Waals surface area contributed by atoms with Crippen LogP contribution in [-0.2, 0) is 9.53 Å². The molecule has 0 saturated heterocycles. The van der Waals surface area contributed by atoms with Gasteiger partial charge in [-0.3, -0.25) is 0 Å². The Bertz CT molecular complexity index is 748. The molecule has 1 aromatic rings. The van der Waals surface area contributed by atoms with Crippen molar-refractivity contribution in [3.63, 3.8) is 0 Å². The first-order valence-electron chi connectivity index (χ1n) is 8.50. The van der Waals surface area contributed by atoms with Gasteiger partial charge in [0, 0.05) is 19.8 Å². The summed E-state index contributed by atoms with van der Waals surface area (Å²) in [6, 6.07) is 2.57. The van der Waals surface area contributed by atoms with Crippen LogP contribution >= 0.6 is 0 Å². The summed E-state index contributed by atoms with van der Waals surface area (Å²) in [5, 5.41) is 0. The van der Waals surface area contributed by atoms with Crippen molar-refractivity contribution in [1.29, 1.82) is 0 Å². The number of amides is 2. The van der Waals surface area contributed by atoms with E-state index in [4.69, 9.17) is 18.9 Å². The fraction of sp³-hybridized carbons (Fsp3) is 0.474. The van der Waals surface area contributed by atoms with Gasteiger partial charge in [-0.1, -0.05) is 0 Å². The standard InChI is InChI=1S/C19H26N2O6/c1-8-27-18(22)15-11(2)20(3)19(23)21(4)16(15)12-9-13(24-5)17(26-7)14(10-12)25-6/h9-10,16H,8H2,1-7H3. The Morgan fingerprint density at radius 1 is 1.07 bits per heavy atom. The predicted molar refractivity (Wildman–Crippen MR) is 99.1 cm³/mol. The molecular formula is C19H26N2O6. The molecule has 0 saturated carbocycles. The molecule has 1 unspecified atom stereocenters. The van der Waals surface area contributed by atoms with Gasteiger partial charge in [-0.05, 0) is 31.5 Å². The molecule has 0 aromatic heterocycles. The molecule has 27 heavy (non-hydrogen) atoms. The summed E-state index contributed by atoms with van der Waals surface area (Å²) in [6.07, 6.45) is 0. The zero-order valence-electron chi connectivity index (χ0n) is 16.8. The maximum atomic E-state index is 12.7. The number of nitrogens with zero attached hydrogens (tertiary/aromatic N) is 2. The minimum absolute atomic E-state index is 0.235. The molecule has 1 heterocycles. The van der Waals surface area contributed by atoms with Gasteiger partial charge in [0.25, 0.3) is 0 Å². The van der Waals surface area contributed by atoms with Crippen LogP contribution in [0.1, 0.15) is 25.5 Å². The summed E-state index contributed by atoms with van der Waals surface area (Å²) in [4.78, 5) is 28.3. The van der Waals surface area contributed by atoms with Gasteiger partial charge in [0.2, 0.25) is 5.75 Å². The van der Waals surface area contributed by atoms with Crippen molar-refractivity contribution in [3.05, 3.63) is 29.0 Å². The van der Waals surface area contributed by atoms with Gasteiger partial charge in [0.15, 0.2) is 11.5 Å². The Morgan fingerprint density at radius 2 is 1.63 bits per heavy atom. The van der Waals surface area contributed by atoms with Crippen molar-refractivity contribution in [2.75, 3.05) is 42.0 Å². The van der Waals surface area contributed by atoms with Crippen LogP contribution in [0.15, 0.2) is 23.4 Å². The molecule has 0 fully saturated rings. The van der Waals surface area contributed by atoms with Crippen molar-refractivity contribution in [2.24, 2.45) is 0 Å². The zero-order chi connectivity index (χ0) is 20.3. The maximum Gasteiger partial charge on any atom is 0.338 e. The molecule has 148 valence electrons. The SMILES string of the molecule is CCOC(=O)C1=C(C)N(C)C(=O)N(C)C1c1cc(OC)c(OC)c(OC)c1. The first kappa shape index (κ1) is 20.4. The first-order chi connectivity index (χ1) is 12.8. The molecular weight excluding hydrogens is 352 g/mol. The highest BCUT2D eigenvalue weighted by Gasteiger charge is 2.40. The average molecular weight is 378 g/mol. The smallest absolute Gasteiger partial charge is 0.338 e. The number of hydrogen-bond donors (Lipinski definition) is 0. The third-order valence-corrected chi connectivity index (χ3v) is 4.64. The quantitative estimate of drug-likeness (QED) is 0.708. The highest BCUT2D eigenvalue weighted by Crippen LogP contribution is 2.44. The molecule has 1 aliphatic rings. The van der Waals surface area contributed by atoms with Crippen LogP contribution in [0.25, 0.3) is 0 Å². The number of rotatable bonds is 6. The van der Waals surface area contributed by atoms with Crippen LogP contribution < -0.4 is 14.2 Å². The maximum absolute atomic E-state index is 12.7. The monoisotopic (exact) mass is 378 g/mol. The Morgan fingerprint density at radius 3 is 2.07 bits per heavy atom. The predicted octanol–water partition coefficient (Wildman–Crippen LogP) is 2.59. The number of methoxy groups -OCH3 is 3. The van der Waals surface area contributed by atoms with Crippen LogP contribution in [0.2, 0.25) is 0 Å². The summed E-state index contributed by atoms with van der Waals surface area (Å²) < 4.78 is 21.4. The summed E-state index contributed by atoms with van der Waals surface area (Å²) in [5.41, 5.74) is 1.57. The summed E-state index contributed by atoms with van der Waals surface area (Å²) in [6.45, 7) is 3.70. The topological polar surface area (TPSA) is 77.5 Å². The van der Waals surface area contributed by atoms with E-state index in [0.29, 0.717) is 34.1 Å². The molecule has 1 aromatic carbocycles. The lowest BCUT2D eigenvalue weighted by atomic mass is 9.93. The van der Waals surface area contributed by atoms with E-state index < -0.39 is 12.0 Å². The van der Waals surface area contributed by atoms with Crippen LogP contribution in [-0.4, -0.2) is 63.8 Å².